The van der Waals surface area contributed by atoms with E-state index in [-0.39, 0.29) is 25.1 Å². The lowest BCUT2D eigenvalue weighted by Crippen LogP contribution is -2.32. The Bertz CT molecular complexity index is 866. The molecule has 0 spiro atoms. The molecule has 0 atom stereocenters. The number of hydrogen-bond acceptors (Lipinski definition) is 6. The maximum Gasteiger partial charge on any atom is 0.240 e. The van der Waals surface area contributed by atoms with Gasteiger partial charge >= 0.3 is 0 Å². The second-order valence-electron chi connectivity index (χ2n) is 6.14. The maximum absolute atomic E-state index is 12.4. The normalized spacial score (nSPS) is 12.3. The summed E-state index contributed by atoms with van der Waals surface area (Å²) in [6.45, 7) is 7.28. The minimum atomic E-state index is -0.224. The van der Waals surface area contributed by atoms with Crippen LogP contribution in [0.25, 0.3) is 0 Å². The van der Waals surface area contributed by atoms with Gasteiger partial charge in [0, 0.05) is 12.1 Å². The van der Waals surface area contributed by atoms with Gasteiger partial charge in [0.25, 0.3) is 0 Å². The number of ether oxygens (including phenoxy) is 2. The molecule has 7 nitrogen and oxygen atoms in total. The highest BCUT2D eigenvalue weighted by atomic mass is 16.7. The van der Waals surface area contributed by atoms with Crippen molar-refractivity contribution in [2.45, 2.75) is 27.3 Å². The summed E-state index contributed by atoms with van der Waals surface area (Å²) in [5.41, 5.74) is 2.15. The summed E-state index contributed by atoms with van der Waals surface area (Å²) in [6, 6.07) is 7.83. The quantitative estimate of drug-likeness (QED) is 0.857. The van der Waals surface area contributed by atoms with Crippen molar-refractivity contribution in [2.75, 3.05) is 25.2 Å². The Morgan fingerprint density at radius 3 is 2.81 bits per heavy atom. The summed E-state index contributed by atoms with van der Waals surface area (Å²) in [5, 5.41) is 11.9. The first-order valence-electron chi connectivity index (χ1n) is 8.42. The zero-order valence-corrected chi connectivity index (χ0v) is 15.1. The second kappa shape index (κ2) is 7.50. The molecular weight excluding hydrogens is 334 g/mol. The van der Waals surface area contributed by atoms with Crippen LogP contribution >= 0.6 is 0 Å². The molecule has 1 aliphatic heterocycles. The largest absolute Gasteiger partial charge is 0.454 e. The van der Waals surface area contributed by atoms with Gasteiger partial charge in [0.15, 0.2) is 11.5 Å². The topological polar surface area (TPSA) is 87.7 Å². The summed E-state index contributed by atoms with van der Waals surface area (Å²) in [5.74, 6) is 2.08. The first-order valence-corrected chi connectivity index (χ1v) is 8.42. The monoisotopic (exact) mass is 355 g/mol. The van der Waals surface area contributed by atoms with Crippen LogP contribution in [0.15, 0.2) is 22.6 Å². The first kappa shape index (κ1) is 17.8. The van der Waals surface area contributed by atoms with E-state index in [1.807, 2.05) is 30.0 Å². The van der Waals surface area contributed by atoms with Gasteiger partial charge in [0.05, 0.1) is 6.54 Å². The molecule has 1 aromatic carbocycles. The van der Waals surface area contributed by atoms with E-state index in [0.717, 1.165) is 22.6 Å². The fraction of sp³-hybridized carbons (Fsp3) is 0.368. The number of benzene rings is 1. The Morgan fingerprint density at radius 2 is 2.08 bits per heavy atom. The SMILES string of the molecule is CCN(CC(=O)Nc1oc(C)c(C)c1C#N)Cc1ccc2c(c1)OCO2. The van der Waals surface area contributed by atoms with E-state index in [4.69, 9.17) is 13.9 Å². The van der Waals surface area contributed by atoms with E-state index >= 15 is 0 Å². The summed E-state index contributed by atoms with van der Waals surface area (Å²) in [4.78, 5) is 14.4. The fourth-order valence-electron chi connectivity index (χ4n) is 2.80. The predicted octanol–water partition coefficient (Wildman–Crippen LogP) is 2.96. The van der Waals surface area contributed by atoms with Crippen LogP contribution in [0.5, 0.6) is 11.5 Å². The summed E-state index contributed by atoms with van der Waals surface area (Å²) < 4.78 is 16.2. The molecule has 1 N–H and O–H groups in total. The third-order valence-corrected chi connectivity index (χ3v) is 4.41. The molecule has 0 fully saturated rings. The number of rotatable bonds is 6. The average Bonchev–Trinajstić information content (AvgIpc) is 3.18. The van der Waals surface area contributed by atoms with Gasteiger partial charge in [-0.1, -0.05) is 13.0 Å². The van der Waals surface area contributed by atoms with E-state index in [1.165, 1.54) is 0 Å². The molecule has 136 valence electrons. The van der Waals surface area contributed by atoms with Crippen LogP contribution in [0.4, 0.5) is 5.88 Å². The van der Waals surface area contributed by atoms with E-state index in [2.05, 4.69) is 11.4 Å². The third kappa shape index (κ3) is 3.65. The number of nitrogens with one attached hydrogen (secondary N) is 1. The van der Waals surface area contributed by atoms with Gasteiger partial charge in [-0.05, 0) is 38.1 Å². The van der Waals surface area contributed by atoms with Gasteiger partial charge in [-0.2, -0.15) is 5.26 Å². The number of fused-ring (bicyclic) bond motifs is 1. The Hall–Kier alpha value is -2.98. The van der Waals surface area contributed by atoms with Crippen molar-refractivity contribution >= 4 is 11.8 Å². The summed E-state index contributed by atoms with van der Waals surface area (Å²) >= 11 is 0. The summed E-state index contributed by atoms with van der Waals surface area (Å²) in [7, 11) is 0. The Labute approximate surface area is 152 Å². The fourth-order valence-corrected chi connectivity index (χ4v) is 2.80. The highest BCUT2D eigenvalue weighted by Crippen LogP contribution is 2.32. The van der Waals surface area contributed by atoms with Crippen molar-refractivity contribution in [3.63, 3.8) is 0 Å². The van der Waals surface area contributed by atoms with Crippen LogP contribution in [0.3, 0.4) is 0 Å². The highest BCUT2D eigenvalue weighted by molar-refractivity contribution is 5.92. The average molecular weight is 355 g/mol. The molecule has 0 saturated heterocycles. The molecular formula is C19H21N3O4. The number of anilines is 1. The minimum absolute atomic E-state index is 0.189. The van der Waals surface area contributed by atoms with E-state index in [1.54, 1.807) is 13.8 Å². The molecule has 0 radical (unpaired) electrons. The van der Waals surface area contributed by atoms with Gasteiger partial charge in [-0.3, -0.25) is 15.0 Å². The van der Waals surface area contributed by atoms with Crippen LogP contribution in [0, 0.1) is 25.2 Å². The van der Waals surface area contributed by atoms with Crippen LogP contribution < -0.4 is 14.8 Å². The van der Waals surface area contributed by atoms with Crippen LogP contribution in [-0.2, 0) is 11.3 Å². The number of aryl methyl sites for hydroxylation is 1. The van der Waals surface area contributed by atoms with Crippen molar-refractivity contribution in [2.24, 2.45) is 0 Å². The second-order valence-corrected chi connectivity index (χ2v) is 6.14. The molecule has 0 bridgehead atoms. The molecule has 2 aromatic rings. The maximum atomic E-state index is 12.4. The number of nitrogens with zero attached hydrogens (tertiary/aromatic N) is 2. The number of likely N-dealkylation sites (N-methyl/N-ethyl adjacent to an activating group) is 1. The zero-order chi connectivity index (χ0) is 18.7. The molecule has 1 aliphatic rings. The Morgan fingerprint density at radius 1 is 1.31 bits per heavy atom. The standard InChI is InChI=1S/C19H21N3O4/c1-4-22(9-14-5-6-16-17(7-14)25-11-24-16)10-18(23)21-19-15(8-20)12(2)13(3)26-19/h5-7H,4,9-11H2,1-3H3,(H,21,23). The lowest BCUT2D eigenvalue weighted by atomic mass is 10.2. The van der Waals surface area contributed by atoms with Gasteiger partial charge in [0.1, 0.15) is 17.4 Å². The molecule has 7 heteroatoms. The molecule has 1 aromatic heterocycles. The molecule has 2 heterocycles. The van der Waals surface area contributed by atoms with Gasteiger partial charge < -0.3 is 13.9 Å². The Kier molecular flexibility index (Phi) is 5.14. The number of furan rings is 1. The predicted molar refractivity (Wildman–Crippen MR) is 95.0 cm³/mol. The zero-order valence-electron chi connectivity index (χ0n) is 15.1. The Balaban J connectivity index is 1.64. The van der Waals surface area contributed by atoms with Crippen LogP contribution in [0.1, 0.15) is 29.4 Å². The van der Waals surface area contributed by atoms with E-state index in [9.17, 15) is 10.1 Å². The smallest absolute Gasteiger partial charge is 0.240 e. The lowest BCUT2D eigenvalue weighted by molar-refractivity contribution is -0.117. The molecule has 0 aliphatic carbocycles. The number of hydrogen-bond donors (Lipinski definition) is 1. The number of carbonyl (C=O) groups is 1. The van der Waals surface area contributed by atoms with Crippen LogP contribution in [-0.4, -0.2) is 30.7 Å². The number of amides is 1. The lowest BCUT2D eigenvalue weighted by Gasteiger charge is -2.19. The third-order valence-electron chi connectivity index (χ3n) is 4.41. The van der Waals surface area contributed by atoms with Gasteiger partial charge in [0.2, 0.25) is 18.6 Å². The van der Waals surface area contributed by atoms with Gasteiger partial charge in [-0.15, -0.1) is 0 Å². The molecule has 26 heavy (non-hydrogen) atoms. The highest BCUT2D eigenvalue weighted by Gasteiger charge is 2.19. The number of carbonyl (C=O) groups excluding carboxylic acids is 1. The van der Waals surface area contributed by atoms with Crippen molar-refractivity contribution in [3.8, 4) is 17.6 Å². The van der Waals surface area contributed by atoms with E-state index < -0.39 is 0 Å². The molecule has 0 saturated carbocycles. The molecule has 1 amide bonds. The van der Waals surface area contributed by atoms with Crippen molar-refractivity contribution in [1.82, 2.24) is 4.90 Å². The van der Waals surface area contributed by atoms with Gasteiger partial charge in [-0.25, -0.2) is 0 Å². The van der Waals surface area contributed by atoms with Crippen molar-refractivity contribution < 1.29 is 18.7 Å². The molecule has 3 rings (SSSR count). The molecule has 0 unspecified atom stereocenters. The van der Waals surface area contributed by atoms with Crippen LogP contribution in [0.2, 0.25) is 0 Å². The number of nitriles is 1. The summed E-state index contributed by atoms with van der Waals surface area (Å²) in [6.07, 6.45) is 0. The minimum Gasteiger partial charge on any atom is -0.454 e. The van der Waals surface area contributed by atoms with E-state index in [0.29, 0.717) is 24.4 Å². The first-order chi connectivity index (χ1) is 12.5. The van der Waals surface area contributed by atoms with Crippen molar-refractivity contribution in [3.05, 3.63) is 40.6 Å². The van der Waals surface area contributed by atoms with Crippen molar-refractivity contribution in [1.29, 1.82) is 5.26 Å².